The first kappa shape index (κ1) is 16.6. The Hall–Kier alpha value is -0.780. The first-order valence-corrected chi connectivity index (χ1v) is 9.49. The Morgan fingerprint density at radius 2 is 2.00 bits per heavy atom. The number of rotatable bonds is 6. The minimum Gasteiger partial charge on any atom is -0.494 e. The molecule has 2 rings (SSSR count). The van der Waals surface area contributed by atoms with Crippen LogP contribution in [0.5, 0.6) is 5.75 Å². The summed E-state index contributed by atoms with van der Waals surface area (Å²) in [4.78, 5) is 0.177. The average molecular weight is 333 g/mol. The van der Waals surface area contributed by atoms with Gasteiger partial charge in [-0.25, -0.2) is 8.42 Å². The van der Waals surface area contributed by atoms with Gasteiger partial charge in [0.15, 0.2) is 0 Å². The highest BCUT2D eigenvalue weighted by Crippen LogP contribution is 2.28. The lowest BCUT2D eigenvalue weighted by Crippen LogP contribution is -2.08. The van der Waals surface area contributed by atoms with Gasteiger partial charge in [0.1, 0.15) is 5.75 Å². The lowest BCUT2D eigenvalue weighted by Gasteiger charge is -2.13. The molecule has 0 radical (unpaired) electrons. The predicted molar refractivity (Wildman–Crippen MR) is 82.7 cm³/mol. The van der Waals surface area contributed by atoms with Crippen molar-refractivity contribution in [2.45, 2.75) is 50.5 Å². The molecule has 0 spiro atoms. The second-order valence-corrected chi connectivity index (χ2v) is 7.95. The van der Waals surface area contributed by atoms with E-state index in [2.05, 4.69) is 0 Å². The highest BCUT2D eigenvalue weighted by Gasteiger charge is 2.18. The monoisotopic (exact) mass is 332 g/mol. The zero-order valence-electron chi connectivity index (χ0n) is 12.4. The Labute approximate surface area is 130 Å². The summed E-state index contributed by atoms with van der Waals surface area (Å²) in [5.41, 5.74) is 1.22. The van der Waals surface area contributed by atoms with Crippen LogP contribution in [0.4, 0.5) is 0 Å². The van der Waals surface area contributed by atoms with Gasteiger partial charge in [-0.15, -0.1) is 0 Å². The van der Waals surface area contributed by atoms with Gasteiger partial charge in [-0.3, -0.25) is 0 Å². The summed E-state index contributed by atoms with van der Waals surface area (Å²) in [6.07, 6.45) is 4.60. The highest BCUT2D eigenvalue weighted by molar-refractivity contribution is 8.13. The number of ether oxygens (including phenoxy) is 2. The summed E-state index contributed by atoms with van der Waals surface area (Å²) in [6, 6.07) is 3.43. The molecule has 118 valence electrons. The zero-order chi connectivity index (χ0) is 15.5. The summed E-state index contributed by atoms with van der Waals surface area (Å²) in [5.74, 6) is 0.682. The Bertz CT molecular complexity index is 569. The van der Waals surface area contributed by atoms with Gasteiger partial charge in [0.2, 0.25) is 0 Å². The van der Waals surface area contributed by atoms with E-state index in [0.717, 1.165) is 32.3 Å². The van der Waals surface area contributed by atoms with Crippen molar-refractivity contribution >= 4 is 19.7 Å². The third kappa shape index (κ3) is 4.59. The molecule has 1 aliphatic heterocycles. The molecule has 0 saturated carbocycles. The maximum atomic E-state index is 11.5. The van der Waals surface area contributed by atoms with Crippen molar-refractivity contribution in [2.75, 3.05) is 13.2 Å². The van der Waals surface area contributed by atoms with Crippen LogP contribution in [0, 0.1) is 13.8 Å². The smallest absolute Gasteiger partial charge is 0.261 e. The van der Waals surface area contributed by atoms with E-state index in [1.807, 2.05) is 0 Å². The fraction of sp³-hybridized carbons (Fsp3) is 0.600. The lowest BCUT2D eigenvalue weighted by molar-refractivity contribution is 0.0981. The average Bonchev–Trinajstić information content (AvgIpc) is 2.85. The van der Waals surface area contributed by atoms with Crippen molar-refractivity contribution in [3.8, 4) is 5.75 Å². The van der Waals surface area contributed by atoms with Crippen molar-refractivity contribution in [1.82, 2.24) is 0 Å². The van der Waals surface area contributed by atoms with E-state index in [0.29, 0.717) is 29.6 Å². The van der Waals surface area contributed by atoms with Crippen LogP contribution in [-0.4, -0.2) is 27.7 Å². The van der Waals surface area contributed by atoms with Crippen LogP contribution in [0.25, 0.3) is 0 Å². The van der Waals surface area contributed by atoms with Crippen LogP contribution >= 0.6 is 10.7 Å². The third-order valence-electron chi connectivity index (χ3n) is 3.64. The largest absolute Gasteiger partial charge is 0.494 e. The van der Waals surface area contributed by atoms with Gasteiger partial charge < -0.3 is 9.47 Å². The Morgan fingerprint density at radius 1 is 1.33 bits per heavy atom. The Morgan fingerprint density at radius 3 is 2.52 bits per heavy atom. The molecule has 6 heteroatoms. The number of aryl methyl sites for hydroxylation is 2. The van der Waals surface area contributed by atoms with Crippen LogP contribution in [0.3, 0.4) is 0 Å². The topological polar surface area (TPSA) is 52.6 Å². The fourth-order valence-electron chi connectivity index (χ4n) is 2.75. The lowest BCUT2D eigenvalue weighted by atomic mass is 10.1. The molecule has 1 heterocycles. The number of halogens is 1. The van der Waals surface area contributed by atoms with E-state index in [4.69, 9.17) is 20.2 Å². The first-order valence-electron chi connectivity index (χ1n) is 7.18. The summed E-state index contributed by atoms with van der Waals surface area (Å²) in [5, 5.41) is 0. The predicted octanol–water partition coefficient (Wildman–Crippen LogP) is 3.57. The maximum absolute atomic E-state index is 11.5. The molecule has 4 nitrogen and oxygen atoms in total. The molecule has 1 saturated heterocycles. The summed E-state index contributed by atoms with van der Waals surface area (Å²) in [6.45, 7) is 4.92. The molecule has 21 heavy (non-hydrogen) atoms. The van der Waals surface area contributed by atoms with Crippen LogP contribution in [-0.2, 0) is 13.8 Å². The fourth-order valence-corrected chi connectivity index (χ4v) is 4.37. The normalized spacial score (nSPS) is 18.9. The Balaban J connectivity index is 1.92. The molecule has 1 fully saturated rings. The van der Waals surface area contributed by atoms with Crippen LogP contribution < -0.4 is 4.74 Å². The van der Waals surface area contributed by atoms with Gasteiger partial charge in [0.25, 0.3) is 9.05 Å². The number of hydrogen-bond donors (Lipinski definition) is 0. The van der Waals surface area contributed by atoms with Crippen molar-refractivity contribution in [3.63, 3.8) is 0 Å². The number of benzene rings is 1. The minimum absolute atomic E-state index is 0.177. The molecule has 0 bridgehead atoms. The SMILES string of the molecule is Cc1cc(OCCCC2CCCO2)cc(C)c1S(=O)(=O)Cl. The number of hydrogen-bond acceptors (Lipinski definition) is 4. The van der Waals surface area contributed by atoms with Gasteiger partial charge in [-0.1, -0.05) is 0 Å². The van der Waals surface area contributed by atoms with E-state index in [1.54, 1.807) is 26.0 Å². The molecule has 1 aromatic carbocycles. The maximum Gasteiger partial charge on any atom is 0.261 e. The van der Waals surface area contributed by atoms with Crippen LogP contribution in [0.15, 0.2) is 17.0 Å². The molecular formula is C15H21ClO4S. The molecule has 1 unspecified atom stereocenters. The summed E-state index contributed by atoms with van der Waals surface area (Å²) < 4.78 is 34.3. The molecule has 1 aliphatic rings. The third-order valence-corrected chi connectivity index (χ3v) is 5.24. The summed E-state index contributed by atoms with van der Waals surface area (Å²) in [7, 11) is 1.72. The van der Waals surface area contributed by atoms with Crippen molar-refractivity contribution in [2.24, 2.45) is 0 Å². The van der Waals surface area contributed by atoms with Gasteiger partial charge in [-0.05, 0) is 62.8 Å². The van der Waals surface area contributed by atoms with E-state index < -0.39 is 9.05 Å². The highest BCUT2D eigenvalue weighted by atomic mass is 35.7. The molecule has 0 amide bonds. The Kier molecular flexibility index (Phi) is 5.52. The van der Waals surface area contributed by atoms with E-state index in [9.17, 15) is 8.42 Å². The molecule has 1 atom stereocenters. The van der Waals surface area contributed by atoms with Crippen molar-refractivity contribution in [3.05, 3.63) is 23.3 Å². The first-order chi connectivity index (χ1) is 9.88. The molecule has 0 aromatic heterocycles. The summed E-state index contributed by atoms with van der Waals surface area (Å²) >= 11 is 0. The van der Waals surface area contributed by atoms with Crippen LogP contribution in [0.2, 0.25) is 0 Å². The molecule has 0 N–H and O–H groups in total. The quantitative estimate of drug-likeness (QED) is 0.590. The second-order valence-electron chi connectivity index (χ2n) is 5.45. The van der Waals surface area contributed by atoms with E-state index in [-0.39, 0.29) is 4.90 Å². The molecule has 0 aliphatic carbocycles. The molecular weight excluding hydrogens is 312 g/mol. The van der Waals surface area contributed by atoms with E-state index in [1.165, 1.54) is 0 Å². The van der Waals surface area contributed by atoms with Gasteiger partial charge in [0, 0.05) is 17.3 Å². The second kappa shape index (κ2) is 6.99. The van der Waals surface area contributed by atoms with Gasteiger partial charge >= 0.3 is 0 Å². The van der Waals surface area contributed by atoms with Crippen molar-refractivity contribution in [1.29, 1.82) is 0 Å². The van der Waals surface area contributed by atoms with Gasteiger partial charge in [-0.2, -0.15) is 0 Å². The van der Waals surface area contributed by atoms with E-state index >= 15 is 0 Å². The van der Waals surface area contributed by atoms with Crippen molar-refractivity contribution < 1.29 is 17.9 Å². The minimum atomic E-state index is -3.72. The molecule has 1 aromatic rings. The standard InChI is InChI=1S/C15H21ClO4S/c1-11-9-14(10-12(2)15(11)21(16,17)18)20-8-4-6-13-5-3-7-19-13/h9-10,13H,3-8H2,1-2H3. The van der Waals surface area contributed by atoms with Gasteiger partial charge in [0.05, 0.1) is 17.6 Å². The zero-order valence-corrected chi connectivity index (χ0v) is 14.0. The van der Waals surface area contributed by atoms with Crippen LogP contribution in [0.1, 0.15) is 36.8 Å².